The zero-order valence-corrected chi connectivity index (χ0v) is 17.1. The quantitative estimate of drug-likeness (QED) is 0.515. The van der Waals surface area contributed by atoms with Crippen LogP contribution in [0.1, 0.15) is 26.3 Å². The van der Waals surface area contributed by atoms with Gasteiger partial charge in [-0.25, -0.2) is 0 Å². The van der Waals surface area contributed by atoms with E-state index in [0.29, 0.717) is 5.75 Å². The van der Waals surface area contributed by atoms with Crippen LogP contribution in [0.3, 0.4) is 0 Å². The average molecular weight is 405 g/mol. The lowest BCUT2D eigenvalue weighted by atomic mass is 9.98. The number of carbonyl (C=O) groups excluding carboxylic acids is 1. The second-order valence-corrected chi connectivity index (χ2v) is 8.50. The number of halogens is 2. The summed E-state index contributed by atoms with van der Waals surface area (Å²) in [7, 11) is 0. The molecule has 3 rings (SSSR count). The number of benzene rings is 2. The summed E-state index contributed by atoms with van der Waals surface area (Å²) in [5.41, 5.74) is -0.0290. The van der Waals surface area contributed by atoms with E-state index in [4.69, 9.17) is 32.7 Å². The highest BCUT2D eigenvalue weighted by Gasteiger charge is 2.72. The molecule has 1 fully saturated rings. The van der Waals surface area contributed by atoms with Gasteiger partial charge < -0.3 is 9.47 Å². The summed E-state index contributed by atoms with van der Waals surface area (Å²) >= 11 is 11.6. The minimum atomic E-state index is -0.639. The van der Waals surface area contributed by atoms with Crippen molar-refractivity contribution in [3.05, 3.63) is 70.7 Å². The van der Waals surface area contributed by atoms with Crippen LogP contribution in [0.5, 0.6) is 11.5 Å². The van der Waals surface area contributed by atoms with E-state index in [0.717, 1.165) is 11.3 Å². The third kappa shape index (κ3) is 3.99. The van der Waals surface area contributed by atoms with Crippen LogP contribution in [0.4, 0.5) is 0 Å². The van der Waals surface area contributed by atoms with E-state index in [1.54, 1.807) is 6.08 Å². The molecule has 0 aliphatic heterocycles. The topological polar surface area (TPSA) is 35.5 Å². The summed E-state index contributed by atoms with van der Waals surface area (Å²) < 4.78 is 11.6. The first-order valence-corrected chi connectivity index (χ1v) is 9.52. The van der Waals surface area contributed by atoms with Gasteiger partial charge in [0, 0.05) is 5.92 Å². The molecule has 2 aromatic carbocycles. The zero-order chi connectivity index (χ0) is 19.7. The van der Waals surface area contributed by atoms with Gasteiger partial charge in [-0.15, -0.1) is 0 Å². The minimum Gasteiger partial charge on any atom is -0.460 e. The van der Waals surface area contributed by atoms with Gasteiger partial charge in [0.1, 0.15) is 22.6 Å². The molecule has 1 aliphatic rings. The Morgan fingerprint density at radius 3 is 2.37 bits per heavy atom. The molecule has 0 heterocycles. The van der Waals surface area contributed by atoms with Crippen LogP contribution >= 0.6 is 23.2 Å². The Bertz CT molecular complexity index is 857. The number of ether oxygens (including phenoxy) is 2. The summed E-state index contributed by atoms with van der Waals surface area (Å²) in [4.78, 5) is 12.7. The van der Waals surface area contributed by atoms with Gasteiger partial charge in [0.2, 0.25) is 0 Å². The minimum absolute atomic E-state index is 0.0461. The molecule has 0 N–H and O–H groups in total. The molecule has 0 bridgehead atoms. The van der Waals surface area contributed by atoms with Gasteiger partial charge in [0.05, 0.1) is 5.41 Å². The van der Waals surface area contributed by atoms with Crippen molar-refractivity contribution < 1.29 is 14.3 Å². The maximum Gasteiger partial charge on any atom is 0.313 e. The van der Waals surface area contributed by atoms with Gasteiger partial charge in [-0.2, -0.15) is 0 Å². The molecule has 27 heavy (non-hydrogen) atoms. The third-order valence-corrected chi connectivity index (χ3v) is 5.87. The molecule has 5 heteroatoms. The smallest absolute Gasteiger partial charge is 0.313 e. The molecule has 1 aliphatic carbocycles. The third-order valence-electron chi connectivity index (χ3n) is 5.62. The molecule has 2 atom stereocenters. The molecule has 0 saturated heterocycles. The first kappa shape index (κ1) is 19.8. The number of hydrogen-bond donors (Lipinski definition) is 0. The second-order valence-electron chi connectivity index (χ2n) is 7.50. The van der Waals surface area contributed by atoms with Crippen molar-refractivity contribution in [1.82, 2.24) is 0 Å². The van der Waals surface area contributed by atoms with E-state index < -0.39 is 5.41 Å². The first-order valence-electron chi connectivity index (χ1n) is 8.77. The second kappa shape index (κ2) is 7.57. The number of hydrogen-bond acceptors (Lipinski definition) is 3. The maximum absolute atomic E-state index is 12.7. The first-order chi connectivity index (χ1) is 12.7. The van der Waals surface area contributed by atoms with E-state index >= 15 is 0 Å². The van der Waals surface area contributed by atoms with Crippen molar-refractivity contribution in [1.29, 1.82) is 0 Å². The molecule has 1 saturated carbocycles. The highest BCUT2D eigenvalue weighted by atomic mass is 35.5. The molecular weight excluding hydrogens is 383 g/mol. The van der Waals surface area contributed by atoms with Gasteiger partial charge in [-0.05, 0) is 48.2 Å². The van der Waals surface area contributed by atoms with Crippen molar-refractivity contribution in [3.8, 4) is 11.5 Å². The molecule has 0 radical (unpaired) electrons. The largest absolute Gasteiger partial charge is 0.460 e. The van der Waals surface area contributed by atoms with Crippen LogP contribution in [0.25, 0.3) is 0 Å². The number of para-hydroxylation sites is 1. The zero-order valence-electron chi connectivity index (χ0n) is 15.5. The van der Waals surface area contributed by atoms with Crippen molar-refractivity contribution in [2.75, 3.05) is 0 Å². The van der Waals surface area contributed by atoms with Gasteiger partial charge in [0.25, 0.3) is 0 Å². The van der Waals surface area contributed by atoms with E-state index in [9.17, 15) is 4.79 Å². The summed E-state index contributed by atoms with van der Waals surface area (Å²) in [6.45, 7) is 6.10. The Morgan fingerprint density at radius 2 is 1.70 bits per heavy atom. The molecule has 2 unspecified atom stereocenters. The summed E-state index contributed by atoms with van der Waals surface area (Å²) in [6.07, 6.45) is 1.72. The summed E-state index contributed by atoms with van der Waals surface area (Å²) in [6, 6.07) is 17.1. The molecular formula is C22H22Cl2O3. The molecule has 0 aromatic heterocycles. The van der Waals surface area contributed by atoms with Gasteiger partial charge in [-0.3, -0.25) is 4.79 Å². The fourth-order valence-corrected chi connectivity index (χ4v) is 3.79. The van der Waals surface area contributed by atoms with E-state index in [-0.39, 0.29) is 28.4 Å². The van der Waals surface area contributed by atoms with E-state index in [1.165, 1.54) is 0 Å². The van der Waals surface area contributed by atoms with Crippen molar-refractivity contribution >= 4 is 29.2 Å². The predicted octanol–water partition coefficient (Wildman–Crippen LogP) is 6.50. The normalized spacial score (nSPS) is 22.6. The van der Waals surface area contributed by atoms with Gasteiger partial charge in [-0.1, -0.05) is 67.4 Å². The van der Waals surface area contributed by atoms with Gasteiger partial charge in [0.15, 0.2) is 0 Å². The number of rotatable bonds is 6. The average Bonchev–Trinajstić information content (AvgIpc) is 3.06. The fraction of sp³-hybridized carbons (Fsp3) is 0.318. The lowest BCUT2D eigenvalue weighted by Gasteiger charge is -2.14. The SMILES string of the molecule is CC1(C)C(C=C(Cl)Cl)C1(C)C(=O)OCc1cccc(Oc2ccccc2)c1. The molecule has 2 aromatic rings. The van der Waals surface area contributed by atoms with Crippen LogP contribution < -0.4 is 4.74 Å². The number of esters is 1. The standard InChI is InChI=1S/C22H22Cl2O3/c1-21(2)18(13-19(23)24)22(21,3)20(25)26-14-15-8-7-11-17(12-15)27-16-9-5-4-6-10-16/h4-13,18H,14H2,1-3H3. The van der Waals surface area contributed by atoms with Crippen molar-refractivity contribution in [2.45, 2.75) is 27.4 Å². The molecule has 142 valence electrons. The predicted molar refractivity (Wildman–Crippen MR) is 108 cm³/mol. The fourth-order valence-electron chi connectivity index (χ4n) is 3.54. The molecule has 3 nitrogen and oxygen atoms in total. The van der Waals surface area contributed by atoms with Crippen LogP contribution in [0.15, 0.2) is 65.2 Å². The number of carbonyl (C=O) groups is 1. The Hall–Kier alpha value is -1.97. The Balaban J connectivity index is 1.64. The Morgan fingerprint density at radius 1 is 1.04 bits per heavy atom. The van der Waals surface area contributed by atoms with Crippen LogP contribution in [-0.4, -0.2) is 5.97 Å². The summed E-state index contributed by atoms with van der Waals surface area (Å²) in [5, 5.41) is 0. The lowest BCUT2D eigenvalue weighted by molar-refractivity contribution is -0.152. The van der Waals surface area contributed by atoms with Gasteiger partial charge >= 0.3 is 5.97 Å². The maximum atomic E-state index is 12.7. The van der Waals surface area contributed by atoms with Crippen LogP contribution in [0, 0.1) is 16.7 Å². The molecule has 0 spiro atoms. The highest BCUT2D eigenvalue weighted by molar-refractivity contribution is 6.55. The lowest BCUT2D eigenvalue weighted by Crippen LogP contribution is -2.21. The summed E-state index contributed by atoms with van der Waals surface area (Å²) in [5.74, 6) is 1.15. The Kier molecular flexibility index (Phi) is 5.55. The van der Waals surface area contributed by atoms with E-state index in [2.05, 4.69) is 0 Å². The number of allylic oxidation sites excluding steroid dienone is 1. The Labute approximate surface area is 169 Å². The monoisotopic (exact) mass is 404 g/mol. The van der Waals surface area contributed by atoms with Crippen molar-refractivity contribution in [2.24, 2.45) is 16.7 Å². The van der Waals surface area contributed by atoms with Crippen LogP contribution in [0.2, 0.25) is 0 Å². The highest BCUT2D eigenvalue weighted by Crippen LogP contribution is 2.70. The van der Waals surface area contributed by atoms with E-state index in [1.807, 2.05) is 75.4 Å². The van der Waals surface area contributed by atoms with Crippen LogP contribution in [-0.2, 0) is 16.1 Å². The van der Waals surface area contributed by atoms with Crippen molar-refractivity contribution in [3.63, 3.8) is 0 Å². The molecule has 0 amide bonds.